The van der Waals surface area contributed by atoms with Gasteiger partial charge < -0.3 is 9.73 Å². The average Bonchev–Trinajstić information content (AvgIpc) is 3.11. The number of rotatable bonds is 3. The second-order valence-corrected chi connectivity index (χ2v) is 8.92. The number of nitriles is 2. The summed E-state index contributed by atoms with van der Waals surface area (Å²) in [5.74, 6) is -0.933. The Balaban J connectivity index is 1.72. The van der Waals surface area contributed by atoms with Crippen LogP contribution in [0.1, 0.15) is 37.0 Å². The van der Waals surface area contributed by atoms with Crippen molar-refractivity contribution in [2.45, 2.75) is 38.9 Å². The predicted molar refractivity (Wildman–Crippen MR) is 109 cm³/mol. The van der Waals surface area contributed by atoms with E-state index in [-0.39, 0.29) is 0 Å². The Hall–Kier alpha value is -3.03. The lowest BCUT2D eigenvalue weighted by Crippen LogP contribution is -2.44. The third-order valence-electron chi connectivity index (χ3n) is 5.75. The molecule has 1 aliphatic heterocycles. The van der Waals surface area contributed by atoms with Gasteiger partial charge in [0.15, 0.2) is 0 Å². The van der Waals surface area contributed by atoms with Gasteiger partial charge in [-0.1, -0.05) is 13.8 Å². The number of thioether (sulfide) groups is 1. The second kappa shape index (κ2) is 7.09. The fraction of sp³-hybridized carbons (Fsp3) is 0.364. The van der Waals surface area contributed by atoms with E-state index in [0.29, 0.717) is 21.9 Å². The van der Waals surface area contributed by atoms with Crippen molar-refractivity contribution in [3.05, 3.63) is 55.9 Å². The number of nitrogens with one attached hydrogen (secondary N) is 1. The third kappa shape index (κ3) is 3.22. The zero-order valence-electron chi connectivity index (χ0n) is 16.2. The molecule has 0 saturated heterocycles. The van der Waals surface area contributed by atoms with Gasteiger partial charge in [-0.05, 0) is 48.1 Å². The smallest absolute Gasteiger partial charge is 0.336 e. The normalized spacial score (nSPS) is 20.1. The molecule has 1 aliphatic carbocycles. The summed E-state index contributed by atoms with van der Waals surface area (Å²) in [6.45, 7) is 3.46. The molecule has 0 radical (unpaired) electrons. The molecule has 1 amide bonds. The molecule has 0 unspecified atom stereocenters. The number of benzene rings is 1. The Kier molecular flexibility index (Phi) is 4.72. The monoisotopic (exact) mass is 405 g/mol. The number of nitrogens with zero attached hydrogens (tertiary/aromatic N) is 2. The van der Waals surface area contributed by atoms with Crippen LogP contribution in [0.25, 0.3) is 11.0 Å². The zero-order chi connectivity index (χ0) is 20.8. The summed E-state index contributed by atoms with van der Waals surface area (Å²) >= 11 is 1.29. The fourth-order valence-corrected chi connectivity index (χ4v) is 5.26. The van der Waals surface area contributed by atoms with E-state index in [1.165, 1.54) is 29.0 Å². The van der Waals surface area contributed by atoms with Crippen molar-refractivity contribution in [1.82, 2.24) is 5.32 Å². The van der Waals surface area contributed by atoms with Gasteiger partial charge >= 0.3 is 5.63 Å². The van der Waals surface area contributed by atoms with Gasteiger partial charge in [0.25, 0.3) is 0 Å². The molecule has 1 atom stereocenters. The molecule has 2 heterocycles. The first-order valence-corrected chi connectivity index (χ1v) is 10.4. The quantitative estimate of drug-likeness (QED) is 0.783. The van der Waals surface area contributed by atoms with Crippen LogP contribution in [0.2, 0.25) is 0 Å². The van der Waals surface area contributed by atoms with Crippen molar-refractivity contribution in [1.29, 1.82) is 10.5 Å². The number of fused-ring (bicyclic) bond motifs is 2. The molecule has 0 saturated carbocycles. The molecular weight excluding hydrogens is 386 g/mol. The molecule has 0 fully saturated rings. The molecule has 0 bridgehead atoms. The zero-order valence-corrected chi connectivity index (χ0v) is 17.0. The minimum atomic E-state index is -0.923. The van der Waals surface area contributed by atoms with Crippen molar-refractivity contribution in [2.75, 3.05) is 0 Å². The molecule has 1 aromatic carbocycles. The van der Waals surface area contributed by atoms with Crippen molar-refractivity contribution >= 4 is 28.6 Å². The van der Waals surface area contributed by atoms with Crippen LogP contribution in [0.5, 0.6) is 0 Å². The number of hydrogen-bond acceptors (Lipinski definition) is 6. The molecule has 2 aliphatic rings. The van der Waals surface area contributed by atoms with Gasteiger partial charge in [-0.25, -0.2) is 4.79 Å². The highest BCUT2D eigenvalue weighted by atomic mass is 32.2. The maximum atomic E-state index is 12.4. The summed E-state index contributed by atoms with van der Waals surface area (Å²) in [7, 11) is 0. The van der Waals surface area contributed by atoms with Crippen LogP contribution in [0, 0.1) is 34.0 Å². The van der Waals surface area contributed by atoms with Crippen molar-refractivity contribution < 1.29 is 9.21 Å². The van der Waals surface area contributed by atoms with E-state index in [2.05, 4.69) is 17.5 Å². The standard InChI is InChI=1S/C22H19N3O3S/c1-22(2)16(9-23)20(27)25-21(17(22)10-24)29-11-14-8-19(26)28-18-7-13-5-3-4-12(13)6-15(14)18/h6-8,16H,3-5,11H2,1-2H3,(H,25,27)/t16-/m0/s1. The highest BCUT2D eigenvalue weighted by Crippen LogP contribution is 2.42. The van der Waals surface area contributed by atoms with E-state index in [1.54, 1.807) is 13.8 Å². The summed E-state index contributed by atoms with van der Waals surface area (Å²) in [5, 5.41) is 23.0. The maximum Gasteiger partial charge on any atom is 0.336 e. The van der Waals surface area contributed by atoms with E-state index in [1.807, 2.05) is 12.1 Å². The summed E-state index contributed by atoms with van der Waals surface area (Å²) in [5.41, 5.74) is 2.95. The molecule has 7 heteroatoms. The van der Waals surface area contributed by atoms with Gasteiger partial charge in [0.1, 0.15) is 11.5 Å². The summed E-state index contributed by atoms with van der Waals surface area (Å²) in [6, 6.07) is 9.67. The summed E-state index contributed by atoms with van der Waals surface area (Å²) in [6.07, 6.45) is 3.10. The summed E-state index contributed by atoms with van der Waals surface area (Å²) in [4.78, 5) is 24.4. The average molecular weight is 405 g/mol. The van der Waals surface area contributed by atoms with Gasteiger partial charge in [0.2, 0.25) is 5.91 Å². The lowest BCUT2D eigenvalue weighted by molar-refractivity contribution is -0.125. The Labute approximate surface area is 172 Å². The lowest BCUT2D eigenvalue weighted by Gasteiger charge is -2.34. The molecule has 6 nitrogen and oxygen atoms in total. The third-order valence-corrected chi connectivity index (χ3v) is 6.80. The molecule has 1 aromatic heterocycles. The Morgan fingerprint density at radius 2 is 1.93 bits per heavy atom. The van der Waals surface area contributed by atoms with Crippen molar-refractivity contribution in [3.63, 3.8) is 0 Å². The number of allylic oxidation sites excluding steroid dienone is 1. The predicted octanol–water partition coefficient (Wildman–Crippen LogP) is 3.55. The van der Waals surface area contributed by atoms with Gasteiger partial charge in [-0.15, -0.1) is 11.8 Å². The Morgan fingerprint density at radius 3 is 2.62 bits per heavy atom. The van der Waals surface area contributed by atoms with Gasteiger partial charge in [0, 0.05) is 22.6 Å². The molecular formula is C22H19N3O3S. The van der Waals surface area contributed by atoms with E-state index in [9.17, 15) is 20.1 Å². The number of amides is 1. The van der Waals surface area contributed by atoms with Crippen LogP contribution < -0.4 is 10.9 Å². The lowest BCUT2D eigenvalue weighted by atomic mass is 9.72. The number of carbonyl (C=O) groups excluding carboxylic acids is 1. The van der Waals surface area contributed by atoms with Crippen molar-refractivity contribution in [2.24, 2.45) is 11.3 Å². The highest BCUT2D eigenvalue weighted by Gasteiger charge is 2.44. The van der Waals surface area contributed by atoms with Crippen LogP contribution >= 0.6 is 11.8 Å². The first-order valence-electron chi connectivity index (χ1n) is 9.42. The Bertz CT molecular complexity index is 1210. The topological polar surface area (TPSA) is 107 Å². The SMILES string of the molecule is CC1(C)C(C#N)=C(SCc2cc(=O)oc3cc4c(cc23)CCC4)NC(=O)[C@@H]1C#N. The molecule has 1 N–H and O–H groups in total. The van der Waals surface area contributed by atoms with Crippen LogP contribution in [0.4, 0.5) is 0 Å². The molecule has 146 valence electrons. The summed E-state index contributed by atoms with van der Waals surface area (Å²) < 4.78 is 5.41. The number of aryl methyl sites for hydroxylation is 2. The van der Waals surface area contributed by atoms with Crippen LogP contribution in [0.15, 0.2) is 38.0 Å². The van der Waals surface area contributed by atoms with E-state index < -0.39 is 22.9 Å². The van der Waals surface area contributed by atoms with Gasteiger partial charge in [0.05, 0.1) is 22.7 Å². The van der Waals surface area contributed by atoms with Gasteiger partial charge in [-0.3, -0.25) is 4.79 Å². The Morgan fingerprint density at radius 1 is 1.21 bits per heavy atom. The number of carbonyl (C=O) groups is 1. The molecule has 4 rings (SSSR count). The van der Waals surface area contributed by atoms with Crippen LogP contribution in [-0.2, 0) is 23.4 Å². The van der Waals surface area contributed by atoms with Crippen LogP contribution in [-0.4, -0.2) is 5.91 Å². The maximum absolute atomic E-state index is 12.4. The molecule has 29 heavy (non-hydrogen) atoms. The molecule has 0 spiro atoms. The molecule has 2 aromatic rings. The second-order valence-electron chi connectivity index (χ2n) is 7.94. The minimum Gasteiger partial charge on any atom is -0.423 e. The van der Waals surface area contributed by atoms with E-state index >= 15 is 0 Å². The highest BCUT2D eigenvalue weighted by molar-refractivity contribution is 8.02. The van der Waals surface area contributed by atoms with E-state index in [0.717, 1.165) is 30.2 Å². The first kappa shape index (κ1) is 19.3. The first-order chi connectivity index (χ1) is 13.8. The minimum absolute atomic E-state index is 0.377. The fourth-order valence-electron chi connectivity index (χ4n) is 4.10. The van der Waals surface area contributed by atoms with Gasteiger partial charge in [-0.2, -0.15) is 10.5 Å². The largest absolute Gasteiger partial charge is 0.423 e. The number of hydrogen-bond donors (Lipinski definition) is 1. The van der Waals surface area contributed by atoms with E-state index in [4.69, 9.17) is 4.42 Å². The van der Waals surface area contributed by atoms with Crippen molar-refractivity contribution in [3.8, 4) is 12.1 Å². The van der Waals surface area contributed by atoms with Crippen LogP contribution in [0.3, 0.4) is 0 Å².